The van der Waals surface area contributed by atoms with Crippen LogP contribution in [0, 0.1) is 12.8 Å². The summed E-state index contributed by atoms with van der Waals surface area (Å²) in [5.74, 6) is -0.0616. The number of aryl methyl sites for hydroxylation is 1. The molecule has 0 radical (unpaired) electrons. The van der Waals surface area contributed by atoms with Crippen LogP contribution in [0.5, 0.6) is 11.5 Å². The number of carboxylic acids is 1. The molecule has 3 rings (SSSR count). The average molecular weight is 339 g/mol. The van der Waals surface area contributed by atoms with Gasteiger partial charge in [-0.15, -0.1) is 0 Å². The first-order chi connectivity index (χ1) is 12.0. The number of para-hydroxylation sites is 1. The number of nitrogens with zero attached hydrogens (tertiary/aromatic N) is 1. The standard InChI is InChI=1S/C20H21NO4/c1-14-5-4-6-16(13-14)25-18-8-3-2-7-17(18)19(22)21-11-9-15(10-12-21)20(23)24/h2-8,13,15H,9-12H2,1H3,(H,23,24). The summed E-state index contributed by atoms with van der Waals surface area (Å²) in [4.78, 5) is 25.6. The van der Waals surface area contributed by atoms with Crippen LogP contribution in [0.4, 0.5) is 0 Å². The summed E-state index contributed by atoms with van der Waals surface area (Å²) in [6, 6.07) is 14.8. The second kappa shape index (κ2) is 7.38. The summed E-state index contributed by atoms with van der Waals surface area (Å²) in [6.07, 6.45) is 0.976. The number of likely N-dealkylation sites (tertiary alicyclic amines) is 1. The Labute approximate surface area is 146 Å². The number of hydrogen-bond donors (Lipinski definition) is 1. The first kappa shape index (κ1) is 17.0. The zero-order valence-electron chi connectivity index (χ0n) is 14.1. The number of piperidine rings is 1. The maximum atomic E-state index is 12.9. The lowest BCUT2D eigenvalue weighted by atomic mass is 9.96. The van der Waals surface area contributed by atoms with Gasteiger partial charge in [-0.25, -0.2) is 0 Å². The second-order valence-corrected chi connectivity index (χ2v) is 6.32. The molecule has 0 saturated carbocycles. The molecule has 25 heavy (non-hydrogen) atoms. The highest BCUT2D eigenvalue weighted by Crippen LogP contribution is 2.28. The maximum Gasteiger partial charge on any atom is 0.306 e. The van der Waals surface area contributed by atoms with E-state index in [9.17, 15) is 9.59 Å². The predicted octanol–water partition coefficient (Wildman–Crippen LogP) is 3.72. The van der Waals surface area contributed by atoms with Gasteiger partial charge in [0, 0.05) is 13.1 Å². The van der Waals surface area contributed by atoms with Crippen molar-refractivity contribution in [1.82, 2.24) is 4.90 Å². The van der Waals surface area contributed by atoms with E-state index in [2.05, 4.69) is 0 Å². The fourth-order valence-corrected chi connectivity index (χ4v) is 3.04. The monoisotopic (exact) mass is 339 g/mol. The van der Waals surface area contributed by atoms with Gasteiger partial charge >= 0.3 is 5.97 Å². The molecule has 0 spiro atoms. The quantitative estimate of drug-likeness (QED) is 0.922. The van der Waals surface area contributed by atoms with Crippen molar-refractivity contribution in [2.75, 3.05) is 13.1 Å². The lowest BCUT2D eigenvalue weighted by Crippen LogP contribution is -2.40. The van der Waals surface area contributed by atoms with Crippen LogP contribution >= 0.6 is 0 Å². The SMILES string of the molecule is Cc1cccc(Oc2ccccc2C(=O)N2CCC(C(=O)O)CC2)c1. The van der Waals surface area contributed by atoms with Crippen LogP contribution in [0.15, 0.2) is 48.5 Å². The fraction of sp³-hybridized carbons (Fsp3) is 0.300. The summed E-state index contributed by atoms with van der Waals surface area (Å²) >= 11 is 0. The predicted molar refractivity (Wildman–Crippen MR) is 94.0 cm³/mol. The molecule has 0 bridgehead atoms. The van der Waals surface area contributed by atoms with Crippen molar-refractivity contribution in [3.63, 3.8) is 0 Å². The Kier molecular flexibility index (Phi) is 5.03. The van der Waals surface area contributed by atoms with Gasteiger partial charge in [0.05, 0.1) is 11.5 Å². The third-order valence-corrected chi connectivity index (χ3v) is 4.47. The van der Waals surface area contributed by atoms with Gasteiger partial charge in [-0.2, -0.15) is 0 Å². The summed E-state index contributed by atoms with van der Waals surface area (Å²) in [5.41, 5.74) is 1.58. The average Bonchev–Trinajstić information content (AvgIpc) is 2.62. The van der Waals surface area contributed by atoms with Gasteiger partial charge in [0.15, 0.2) is 0 Å². The van der Waals surface area contributed by atoms with E-state index in [4.69, 9.17) is 9.84 Å². The number of hydrogen-bond acceptors (Lipinski definition) is 3. The Morgan fingerprint density at radius 3 is 2.48 bits per heavy atom. The maximum absolute atomic E-state index is 12.9. The van der Waals surface area contributed by atoms with Gasteiger partial charge in [0.25, 0.3) is 5.91 Å². The molecule has 1 amide bonds. The highest BCUT2D eigenvalue weighted by atomic mass is 16.5. The van der Waals surface area contributed by atoms with E-state index in [-0.39, 0.29) is 11.8 Å². The normalized spacial score (nSPS) is 15.0. The highest BCUT2D eigenvalue weighted by Gasteiger charge is 2.28. The highest BCUT2D eigenvalue weighted by molar-refractivity contribution is 5.97. The Balaban J connectivity index is 1.76. The lowest BCUT2D eigenvalue weighted by molar-refractivity contribution is -0.143. The Bertz CT molecular complexity index is 779. The third kappa shape index (κ3) is 3.99. The van der Waals surface area contributed by atoms with Crippen LogP contribution in [0.1, 0.15) is 28.8 Å². The number of carbonyl (C=O) groups is 2. The van der Waals surface area contributed by atoms with Gasteiger partial charge in [-0.05, 0) is 49.6 Å². The molecule has 130 valence electrons. The first-order valence-electron chi connectivity index (χ1n) is 8.40. The minimum absolute atomic E-state index is 0.118. The van der Waals surface area contributed by atoms with Crippen molar-refractivity contribution in [1.29, 1.82) is 0 Å². The van der Waals surface area contributed by atoms with Gasteiger partial charge in [0.2, 0.25) is 0 Å². The van der Waals surface area contributed by atoms with Crippen LogP contribution in [-0.2, 0) is 4.79 Å². The number of ether oxygens (including phenoxy) is 1. The Morgan fingerprint density at radius 1 is 1.08 bits per heavy atom. The molecule has 1 aliphatic rings. The summed E-state index contributed by atoms with van der Waals surface area (Å²) in [5, 5.41) is 9.09. The molecular formula is C20H21NO4. The molecule has 1 fully saturated rings. The van der Waals surface area contributed by atoms with E-state index in [1.54, 1.807) is 23.1 Å². The molecule has 0 aliphatic carbocycles. The van der Waals surface area contributed by atoms with Gasteiger partial charge in [0.1, 0.15) is 11.5 Å². The molecule has 1 N–H and O–H groups in total. The Morgan fingerprint density at radius 2 is 1.80 bits per heavy atom. The van der Waals surface area contributed by atoms with E-state index < -0.39 is 5.97 Å². The van der Waals surface area contributed by atoms with Crippen LogP contribution in [0.25, 0.3) is 0 Å². The number of rotatable bonds is 4. The molecule has 0 atom stereocenters. The molecule has 5 nitrogen and oxygen atoms in total. The van der Waals surface area contributed by atoms with Crippen molar-refractivity contribution < 1.29 is 19.4 Å². The molecule has 0 unspecified atom stereocenters. The Hall–Kier alpha value is -2.82. The molecule has 5 heteroatoms. The van der Waals surface area contributed by atoms with E-state index in [1.807, 2.05) is 37.3 Å². The van der Waals surface area contributed by atoms with Crippen molar-refractivity contribution in [2.24, 2.45) is 5.92 Å². The second-order valence-electron chi connectivity index (χ2n) is 6.32. The van der Waals surface area contributed by atoms with Crippen LogP contribution in [0.2, 0.25) is 0 Å². The third-order valence-electron chi connectivity index (χ3n) is 4.47. The molecule has 0 aromatic heterocycles. The number of carboxylic acid groups (broad SMARTS) is 1. The van der Waals surface area contributed by atoms with Crippen LogP contribution in [0.3, 0.4) is 0 Å². The smallest absolute Gasteiger partial charge is 0.306 e. The molecule has 1 heterocycles. The zero-order valence-corrected chi connectivity index (χ0v) is 14.1. The van der Waals surface area contributed by atoms with Crippen molar-refractivity contribution in [3.8, 4) is 11.5 Å². The van der Waals surface area contributed by atoms with Crippen LogP contribution < -0.4 is 4.74 Å². The zero-order chi connectivity index (χ0) is 17.8. The number of amides is 1. The van der Waals surface area contributed by atoms with Gasteiger partial charge in [-0.1, -0.05) is 24.3 Å². The number of carbonyl (C=O) groups excluding carboxylic acids is 1. The summed E-state index contributed by atoms with van der Waals surface area (Å²) in [7, 11) is 0. The number of benzene rings is 2. The minimum atomic E-state index is -0.782. The van der Waals surface area contributed by atoms with Gasteiger partial charge < -0.3 is 14.7 Å². The van der Waals surface area contributed by atoms with Crippen molar-refractivity contribution >= 4 is 11.9 Å². The summed E-state index contributed by atoms with van der Waals surface area (Å²) in [6.45, 7) is 2.89. The van der Waals surface area contributed by atoms with E-state index in [0.717, 1.165) is 5.56 Å². The molecular weight excluding hydrogens is 318 g/mol. The molecule has 1 saturated heterocycles. The van der Waals surface area contributed by atoms with E-state index >= 15 is 0 Å². The minimum Gasteiger partial charge on any atom is -0.481 e. The lowest BCUT2D eigenvalue weighted by Gasteiger charge is -2.30. The largest absolute Gasteiger partial charge is 0.481 e. The topological polar surface area (TPSA) is 66.8 Å². The van der Waals surface area contributed by atoms with Crippen molar-refractivity contribution in [3.05, 3.63) is 59.7 Å². The van der Waals surface area contributed by atoms with Crippen LogP contribution in [-0.4, -0.2) is 35.0 Å². The molecule has 2 aromatic carbocycles. The fourth-order valence-electron chi connectivity index (χ4n) is 3.04. The van der Waals surface area contributed by atoms with E-state index in [1.165, 1.54) is 0 Å². The number of aliphatic carboxylic acids is 1. The van der Waals surface area contributed by atoms with E-state index in [0.29, 0.717) is 43.0 Å². The van der Waals surface area contributed by atoms with Crippen molar-refractivity contribution in [2.45, 2.75) is 19.8 Å². The first-order valence-corrected chi connectivity index (χ1v) is 8.40. The summed E-state index contributed by atoms with van der Waals surface area (Å²) < 4.78 is 5.92. The molecule has 1 aliphatic heterocycles. The van der Waals surface area contributed by atoms with Gasteiger partial charge in [-0.3, -0.25) is 9.59 Å². The molecule has 2 aromatic rings.